The largest absolute Gasteiger partial charge is 0.496 e. The predicted octanol–water partition coefficient (Wildman–Crippen LogP) is 3.77. The van der Waals surface area contributed by atoms with E-state index in [1.54, 1.807) is 37.9 Å². The van der Waals surface area contributed by atoms with Crippen LogP contribution in [-0.4, -0.2) is 11.7 Å². The Labute approximate surface area is 135 Å². The number of hydrogen-bond donors (Lipinski definition) is 0. The molecular weight excluding hydrogens is 293 g/mol. The monoisotopic (exact) mass is 315 g/mol. The molecule has 0 aliphatic heterocycles. The standard InChI is InChI=1S/C19H22FNO2/c1-11-12(2)19(22)21(3)10-16(11)14-8-17(20)15(7-13-5-6-13)18(9-14)23-4/h8-10,13H,5-7H2,1-4H3. The molecule has 0 bridgehead atoms. The van der Waals surface area contributed by atoms with E-state index in [1.165, 1.54) is 12.8 Å². The molecule has 1 saturated carbocycles. The number of hydrogen-bond acceptors (Lipinski definition) is 2. The summed E-state index contributed by atoms with van der Waals surface area (Å²) in [6.07, 6.45) is 4.84. The molecule has 0 atom stereocenters. The van der Waals surface area contributed by atoms with E-state index in [4.69, 9.17) is 4.74 Å². The minimum absolute atomic E-state index is 0.0240. The van der Waals surface area contributed by atoms with E-state index < -0.39 is 0 Å². The fraction of sp³-hybridized carbons (Fsp3) is 0.421. The minimum atomic E-state index is -0.225. The summed E-state index contributed by atoms with van der Waals surface area (Å²) < 4.78 is 21.6. The molecule has 122 valence electrons. The van der Waals surface area contributed by atoms with Crippen LogP contribution in [-0.2, 0) is 13.5 Å². The van der Waals surface area contributed by atoms with E-state index in [0.29, 0.717) is 22.8 Å². The van der Waals surface area contributed by atoms with Crippen molar-refractivity contribution in [3.8, 4) is 16.9 Å². The number of pyridine rings is 1. The Bertz CT molecular complexity index is 819. The van der Waals surface area contributed by atoms with Gasteiger partial charge in [0.2, 0.25) is 0 Å². The van der Waals surface area contributed by atoms with Crippen LogP contribution < -0.4 is 10.3 Å². The molecule has 0 N–H and O–H groups in total. The number of benzene rings is 1. The van der Waals surface area contributed by atoms with Gasteiger partial charge < -0.3 is 9.30 Å². The fourth-order valence-corrected chi connectivity index (χ4v) is 3.02. The highest BCUT2D eigenvalue weighted by Gasteiger charge is 2.25. The Hall–Kier alpha value is -2.10. The first-order chi connectivity index (χ1) is 10.9. The van der Waals surface area contributed by atoms with Gasteiger partial charge in [0.05, 0.1) is 7.11 Å². The van der Waals surface area contributed by atoms with Crippen molar-refractivity contribution >= 4 is 0 Å². The minimum Gasteiger partial charge on any atom is -0.496 e. The number of ether oxygens (including phenoxy) is 1. The maximum Gasteiger partial charge on any atom is 0.253 e. The third-order valence-electron chi connectivity index (χ3n) is 4.81. The van der Waals surface area contributed by atoms with Crippen LogP contribution in [0.15, 0.2) is 23.1 Å². The molecule has 1 fully saturated rings. The van der Waals surface area contributed by atoms with E-state index in [0.717, 1.165) is 23.1 Å². The Morgan fingerprint density at radius 1 is 1.26 bits per heavy atom. The lowest BCUT2D eigenvalue weighted by Crippen LogP contribution is -2.20. The maximum absolute atomic E-state index is 14.6. The van der Waals surface area contributed by atoms with Gasteiger partial charge in [-0.05, 0) is 62.3 Å². The molecule has 2 aromatic rings. The first-order valence-electron chi connectivity index (χ1n) is 7.96. The zero-order valence-electron chi connectivity index (χ0n) is 14.1. The zero-order chi connectivity index (χ0) is 16.7. The first kappa shape index (κ1) is 15.8. The molecule has 0 unspecified atom stereocenters. The SMILES string of the molecule is COc1cc(-c2cn(C)c(=O)c(C)c2C)cc(F)c1CC1CC1. The average Bonchev–Trinajstić information content (AvgIpc) is 3.34. The lowest BCUT2D eigenvalue weighted by Gasteiger charge is -2.15. The average molecular weight is 315 g/mol. The molecule has 0 saturated heterocycles. The van der Waals surface area contributed by atoms with Crippen molar-refractivity contribution in [3.63, 3.8) is 0 Å². The van der Waals surface area contributed by atoms with Gasteiger partial charge in [-0.3, -0.25) is 4.79 Å². The molecule has 1 aliphatic carbocycles. The molecule has 1 heterocycles. The number of aryl methyl sites for hydroxylation is 1. The van der Waals surface area contributed by atoms with Crippen LogP contribution in [0.25, 0.3) is 11.1 Å². The van der Waals surface area contributed by atoms with Crippen LogP contribution in [0.5, 0.6) is 5.75 Å². The Kier molecular flexibility index (Phi) is 4.00. The van der Waals surface area contributed by atoms with Gasteiger partial charge in [-0.2, -0.15) is 0 Å². The third kappa shape index (κ3) is 2.90. The molecule has 1 aliphatic rings. The molecule has 0 amide bonds. The second-order valence-corrected chi connectivity index (χ2v) is 6.50. The zero-order valence-corrected chi connectivity index (χ0v) is 14.1. The van der Waals surface area contributed by atoms with E-state index >= 15 is 0 Å². The summed E-state index contributed by atoms with van der Waals surface area (Å²) in [5, 5.41) is 0. The summed E-state index contributed by atoms with van der Waals surface area (Å²) in [5.74, 6) is 0.959. The van der Waals surface area contributed by atoms with Crippen molar-refractivity contribution in [2.75, 3.05) is 7.11 Å². The highest BCUT2D eigenvalue weighted by atomic mass is 19.1. The van der Waals surface area contributed by atoms with Gasteiger partial charge in [-0.15, -0.1) is 0 Å². The number of halogens is 1. The van der Waals surface area contributed by atoms with Crippen molar-refractivity contribution in [2.45, 2.75) is 33.1 Å². The summed E-state index contributed by atoms with van der Waals surface area (Å²) in [5.41, 5.74) is 3.81. The van der Waals surface area contributed by atoms with Gasteiger partial charge in [0.15, 0.2) is 0 Å². The van der Waals surface area contributed by atoms with Crippen LogP contribution in [0.1, 0.15) is 29.5 Å². The van der Waals surface area contributed by atoms with Gasteiger partial charge in [0.1, 0.15) is 11.6 Å². The van der Waals surface area contributed by atoms with Crippen LogP contribution >= 0.6 is 0 Å². The van der Waals surface area contributed by atoms with Gasteiger partial charge in [-0.1, -0.05) is 0 Å². The summed E-state index contributed by atoms with van der Waals surface area (Å²) in [7, 11) is 3.29. The number of rotatable bonds is 4. The van der Waals surface area contributed by atoms with Crippen LogP contribution in [0, 0.1) is 25.6 Å². The van der Waals surface area contributed by atoms with Crippen molar-refractivity contribution in [1.29, 1.82) is 0 Å². The lowest BCUT2D eigenvalue weighted by atomic mass is 9.96. The Balaban J connectivity index is 2.14. The van der Waals surface area contributed by atoms with Crippen LogP contribution in [0.3, 0.4) is 0 Å². The number of nitrogens with zero attached hydrogens (tertiary/aromatic N) is 1. The second-order valence-electron chi connectivity index (χ2n) is 6.50. The highest BCUT2D eigenvalue weighted by Crippen LogP contribution is 2.38. The lowest BCUT2D eigenvalue weighted by molar-refractivity contribution is 0.403. The first-order valence-corrected chi connectivity index (χ1v) is 7.96. The van der Waals surface area contributed by atoms with E-state index in [-0.39, 0.29) is 11.4 Å². The molecule has 0 radical (unpaired) electrons. The summed E-state index contributed by atoms with van der Waals surface area (Å²) in [4.78, 5) is 12.0. The third-order valence-corrected chi connectivity index (χ3v) is 4.81. The summed E-state index contributed by atoms with van der Waals surface area (Å²) in [6.45, 7) is 3.70. The van der Waals surface area contributed by atoms with Gasteiger partial charge in [0.25, 0.3) is 5.56 Å². The van der Waals surface area contributed by atoms with Gasteiger partial charge >= 0.3 is 0 Å². The molecule has 23 heavy (non-hydrogen) atoms. The molecule has 1 aromatic heterocycles. The van der Waals surface area contributed by atoms with Crippen molar-refractivity contribution in [3.05, 3.63) is 51.2 Å². The normalized spacial score (nSPS) is 14.1. The van der Waals surface area contributed by atoms with Crippen LogP contribution in [0.4, 0.5) is 4.39 Å². The molecule has 3 nitrogen and oxygen atoms in total. The molecule has 1 aromatic carbocycles. The predicted molar refractivity (Wildman–Crippen MR) is 89.5 cm³/mol. The van der Waals surface area contributed by atoms with Gasteiger partial charge in [0, 0.05) is 29.9 Å². The van der Waals surface area contributed by atoms with Crippen molar-refractivity contribution < 1.29 is 9.13 Å². The van der Waals surface area contributed by atoms with Gasteiger partial charge in [-0.25, -0.2) is 4.39 Å². The van der Waals surface area contributed by atoms with Crippen molar-refractivity contribution in [2.24, 2.45) is 13.0 Å². The summed E-state index contributed by atoms with van der Waals surface area (Å²) >= 11 is 0. The molecular formula is C19H22FNO2. The van der Waals surface area contributed by atoms with E-state index in [2.05, 4.69) is 0 Å². The Morgan fingerprint density at radius 2 is 1.96 bits per heavy atom. The maximum atomic E-state index is 14.6. The summed E-state index contributed by atoms with van der Waals surface area (Å²) in [6, 6.07) is 3.44. The molecule has 0 spiro atoms. The fourth-order valence-electron chi connectivity index (χ4n) is 3.02. The topological polar surface area (TPSA) is 31.2 Å². The number of aromatic nitrogens is 1. The smallest absolute Gasteiger partial charge is 0.253 e. The quantitative estimate of drug-likeness (QED) is 0.860. The van der Waals surface area contributed by atoms with E-state index in [9.17, 15) is 9.18 Å². The van der Waals surface area contributed by atoms with Crippen LogP contribution in [0.2, 0.25) is 0 Å². The number of methoxy groups -OCH3 is 1. The second kappa shape index (κ2) is 5.84. The van der Waals surface area contributed by atoms with Crippen molar-refractivity contribution in [1.82, 2.24) is 4.57 Å². The van der Waals surface area contributed by atoms with E-state index in [1.807, 2.05) is 13.0 Å². The molecule has 3 rings (SSSR count). The Morgan fingerprint density at radius 3 is 2.57 bits per heavy atom. The molecule has 4 heteroatoms. The highest BCUT2D eigenvalue weighted by molar-refractivity contribution is 5.70.